The SMILES string of the molecule is Cc1cc([N+](=O)[O-])nn1CC(C)C(=O)N1CCN(Cc2c(F)cccc2Cl)CC1. The minimum atomic E-state index is -0.545. The Labute approximate surface area is 173 Å². The monoisotopic (exact) mass is 423 g/mol. The van der Waals surface area contributed by atoms with Crippen molar-refractivity contribution >= 4 is 23.3 Å². The van der Waals surface area contributed by atoms with Gasteiger partial charge < -0.3 is 15.0 Å². The predicted octanol–water partition coefficient (Wildman–Crippen LogP) is 2.87. The van der Waals surface area contributed by atoms with Gasteiger partial charge in [0.2, 0.25) is 5.91 Å². The summed E-state index contributed by atoms with van der Waals surface area (Å²) in [6, 6.07) is 6.03. The second-order valence-corrected chi connectivity index (χ2v) is 7.69. The van der Waals surface area contributed by atoms with Crippen LogP contribution in [0.4, 0.5) is 10.2 Å². The van der Waals surface area contributed by atoms with Crippen molar-refractivity contribution in [1.82, 2.24) is 19.6 Å². The summed E-state index contributed by atoms with van der Waals surface area (Å²) in [6.07, 6.45) is 0. The summed E-state index contributed by atoms with van der Waals surface area (Å²) in [5.41, 5.74) is 1.11. The van der Waals surface area contributed by atoms with E-state index in [1.807, 2.05) is 0 Å². The van der Waals surface area contributed by atoms with Crippen molar-refractivity contribution in [3.8, 4) is 0 Å². The standard InChI is InChI=1S/C19H23ClFN5O3/c1-13(11-25-14(2)10-18(22-25)26(28)29)19(27)24-8-6-23(7-9-24)12-15-16(20)4-3-5-17(15)21/h3-5,10,13H,6-9,11-12H2,1-2H3. The molecule has 2 aromatic rings. The summed E-state index contributed by atoms with van der Waals surface area (Å²) in [7, 11) is 0. The van der Waals surface area contributed by atoms with Gasteiger partial charge >= 0.3 is 5.82 Å². The highest BCUT2D eigenvalue weighted by molar-refractivity contribution is 6.31. The van der Waals surface area contributed by atoms with Crippen molar-refractivity contribution in [2.75, 3.05) is 26.2 Å². The lowest BCUT2D eigenvalue weighted by Gasteiger charge is -2.36. The third-order valence-electron chi connectivity index (χ3n) is 5.15. The van der Waals surface area contributed by atoms with Gasteiger partial charge in [-0.15, -0.1) is 0 Å². The molecule has 1 atom stereocenters. The Morgan fingerprint density at radius 3 is 2.62 bits per heavy atom. The van der Waals surface area contributed by atoms with Gasteiger partial charge in [-0.1, -0.05) is 24.6 Å². The second-order valence-electron chi connectivity index (χ2n) is 7.29. The number of aromatic nitrogens is 2. The van der Waals surface area contributed by atoms with Crippen LogP contribution < -0.4 is 0 Å². The van der Waals surface area contributed by atoms with Gasteiger partial charge in [0.1, 0.15) is 5.82 Å². The Morgan fingerprint density at radius 1 is 1.34 bits per heavy atom. The quantitative estimate of drug-likeness (QED) is 0.527. The van der Waals surface area contributed by atoms with Crippen LogP contribution in [0, 0.1) is 28.8 Å². The summed E-state index contributed by atoms with van der Waals surface area (Å²) in [5.74, 6) is -0.928. The predicted molar refractivity (Wildman–Crippen MR) is 106 cm³/mol. The van der Waals surface area contributed by atoms with E-state index in [0.29, 0.717) is 49.0 Å². The third kappa shape index (κ3) is 4.91. The molecule has 1 aromatic carbocycles. The Hall–Kier alpha value is -2.52. The van der Waals surface area contributed by atoms with Gasteiger partial charge in [-0.2, -0.15) is 4.68 Å². The maximum atomic E-state index is 14.0. The Kier molecular flexibility index (Phi) is 6.49. The number of hydrogen-bond donors (Lipinski definition) is 0. The number of carbonyl (C=O) groups excluding carboxylic acids is 1. The number of nitrogens with zero attached hydrogens (tertiary/aromatic N) is 5. The third-order valence-corrected chi connectivity index (χ3v) is 5.51. The summed E-state index contributed by atoms with van der Waals surface area (Å²) in [5, 5.41) is 15.2. The van der Waals surface area contributed by atoms with Crippen LogP contribution >= 0.6 is 11.6 Å². The highest BCUT2D eigenvalue weighted by atomic mass is 35.5. The molecule has 1 aromatic heterocycles. The summed E-state index contributed by atoms with van der Waals surface area (Å²) in [4.78, 5) is 26.9. The normalized spacial score (nSPS) is 16.1. The van der Waals surface area contributed by atoms with Crippen LogP contribution in [-0.2, 0) is 17.9 Å². The fraction of sp³-hybridized carbons (Fsp3) is 0.474. The first-order valence-electron chi connectivity index (χ1n) is 9.39. The molecule has 0 N–H and O–H groups in total. The minimum Gasteiger partial charge on any atom is -0.358 e. The molecule has 0 aliphatic carbocycles. The maximum Gasteiger partial charge on any atom is 0.390 e. The van der Waals surface area contributed by atoms with Crippen LogP contribution in [0.3, 0.4) is 0 Å². The topological polar surface area (TPSA) is 84.5 Å². The Morgan fingerprint density at radius 2 is 2.03 bits per heavy atom. The molecule has 0 radical (unpaired) electrons. The molecule has 29 heavy (non-hydrogen) atoms. The highest BCUT2D eigenvalue weighted by Gasteiger charge is 2.27. The average Bonchev–Trinajstić information content (AvgIpc) is 3.05. The molecular weight excluding hydrogens is 401 g/mol. The number of amides is 1. The zero-order valence-electron chi connectivity index (χ0n) is 16.3. The number of benzene rings is 1. The van der Waals surface area contributed by atoms with E-state index in [-0.39, 0.29) is 30.0 Å². The van der Waals surface area contributed by atoms with Gasteiger partial charge in [0.15, 0.2) is 0 Å². The fourth-order valence-electron chi connectivity index (χ4n) is 3.45. The zero-order chi connectivity index (χ0) is 21.1. The summed E-state index contributed by atoms with van der Waals surface area (Å²) < 4.78 is 15.5. The van der Waals surface area contributed by atoms with Gasteiger partial charge in [-0.25, -0.2) is 4.39 Å². The molecule has 1 saturated heterocycles. The van der Waals surface area contributed by atoms with Crippen LogP contribution in [0.25, 0.3) is 0 Å². The highest BCUT2D eigenvalue weighted by Crippen LogP contribution is 2.22. The lowest BCUT2D eigenvalue weighted by Crippen LogP contribution is -2.50. The molecule has 1 aliphatic rings. The van der Waals surface area contributed by atoms with E-state index in [1.165, 1.54) is 16.8 Å². The number of carbonyl (C=O) groups is 1. The van der Waals surface area contributed by atoms with Crippen LogP contribution in [0.5, 0.6) is 0 Å². The number of aryl methyl sites for hydroxylation is 1. The number of rotatable bonds is 6. The molecular formula is C19H23ClFN5O3. The maximum absolute atomic E-state index is 14.0. The van der Waals surface area contributed by atoms with Crippen LogP contribution in [0.2, 0.25) is 5.02 Å². The summed E-state index contributed by atoms with van der Waals surface area (Å²) in [6.45, 7) is 6.51. The van der Waals surface area contributed by atoms with E-state index in [0.717, 1.165) is 0 Å². The van der Waals surface area contributed by atoms with E-state index in [9.17, 15) is 19.3 Å². The van der Waals surface area contributed by atoms with Crippen LogP contribution in [-0.4, -0.2) is 56.6 Å². The molecule has 8 nitrogen and oxygen atoms in total. The van der Waals surface area contributed by atoms with Crippen LogP contribution in [0.1, 0.15) is 18.2 Å². The molecule has 1 unspecified atom stereocenters. The van der Waals surface area contributed by atoms with Crippen molar-refractivity contribution in [2.24, 2.45) is 5.92 Å². The number of hydrogen-bond acceptors (Lipinski definition) is 5. The number of halogens is 2. The van der Waals surface area contributed by atoms with Crippen molar-refractivity contribution in [3.05, 3.63) is 56.5 Å². The first-order chi connectivity index (χ1) is 13.8. The fourth-order valence-corrected chi connectivity index (χ4v) is 3.67. The lowest BCUT2D eigenvalue weighted by atomic mass is 10.1. The largest absolute Gasteiger partial charge is 0.390 e. The van der Waals surface area contributed by atoms with Gasteiger partial charge in [0.25, 0.3) is 0 Å². The van der Waals surface area contributed by atoms with Crippen molar-refractivity contribution < 1.29 is 14.1 Å². The molecule has 0 spiro atoms. The zero-order valence-corrected chi connectivity index (χ0v) is 17.1. The average molecular weight is 424 g/mol. The summed E-state index contributed by atoms with van der Waals surface area (Å²) >= 11 is 6.10. The Balaban J connectivity index is 1.55. The van der Waals surface area contributed by atoms with E-state index in [4.69, 9.17) is 11.6 Å². The number of nitro groups is 1. The molecule has 0 saturated carbocycles. The smallest absolute Gasteiger partial charge is 0.358 e. The van der Waals surface area contributed by atoms with Gasteiger partial charge in [0.05, 0.1) is 29.3 Å². The second kappa shape index (κ2) is 8.87. The molecule has 10 heteroatoms. The van der Waals surface area contributed by atoms with E-state index < -0.39 is 4.92 Å². The molecule has 2 heterocycles. The van der Waals surface area contributed by atoms with Gasteiger partial charge in [-0.05, 0) is 24.0 Å². The van der Waals surface area contributed by atoms with Crippen LogP contribution in [0.15, 0.2) is 24.3 Å². The Bertz CT molecular complexity index is 891. The van der Waals surface area contributed by atoms with Crippen molar-refractivity contribution in [2.45, 2.75) is 26.9 Å². The van der Waals surface area contributed by atoms with Crippen molar-refractivity contribution in [3.63, 3.8) is 0 Å². The first-order valence-corrected chi connectivity index (χ1v) is 9.77. The molecule has 1 fully saturated rings. The van der Waals surface area contributed by atoms with Crippen molar-refractivity contribution in [1.29, 1.82) is 0 Å². The van der Waals surface area contributed by atoms with E-state index >= 15 is 0 Å². The molecule has 0 bridgehead atoms. The molecule has 1 amide bonds. The lowest BCUT2D eigenvalue weighted by molar-refractivity contribution is -0.389. The van der Waals surface area contributed by atoms with Gasteiger partial charge in [0, 0.05) is 43.3 Å². The minimum absolute atomic E-state index is 0.0221. The van der Waals surface area contributed by atoms with Gasteiger partial charge in [-0.3, -0.25) is 9.69 Å². The molecule has 1 aliphatic heterocycles. The molecule has 3 rings (SSSR count). The van der Waals surface area contributed by atoms with E-state index in [2.05, 4.69) is 10.00 Å². The van der Waals surface area contributed by atoms with E-state index in [1.54, 1.807) is 30.9 Å². The first kappa shape index (κ1) is 21.2. The molecule has 156 valence electrons. The number of piperazine rings is 1.